The van der Waals surface area contributed by atoms with E-state index in [1.165, 1.54) is 4.31 Å². The minimum atomic E-state index is -3.56. The Morgan fingerprint density at radius 3 is 2.35 bits per heavy atom. The van der Waals surface area contributed by atoms with Crippen molar-refractivity contribution in [2.45, 2.75) is 24.8 Å². The average Bonchev–Trinajstić information content (AvgIpc) is 2.56. The molecule has 2 aromatic rings. The van der Waals surface area contributed by atoms with Gasteiger partial charge >= 0.3 is 0 Å². The maximum absolute atomic E-state index is 12.7. The van der Waals surface area contributed by atoms with E-state index in [1.807, 2.05) is 19.1 Å². The van der Waals surface area contributed by atoms with Gasteiger partial charge in [0, 0.05) is 18.6 Å². The first-order valence-electron chi connectivity index (χ1n) is 7.26. The Labute approximate surface area is 142 Å². The van der Waals surface area contributed by atoms with Crippen LogP contribution in [0.25, 0.3) is 0 Å². The van der Waals surface area contributed by atoms with E-state index in [0.717, 1.165) is 11.1 Å². The lowest BCUT2D eigenvalue weighted by Crippen LogP contribution is -2.26. The molecule has 0 bridgehead atoms. The van der Waals surface area contributed by atoms with E-state index in [-0.39, 0.29) is 11.4 Å². The summed E-state index contributed by atoms with van der Waals surface area (Å²) >= 11 is 5.85. The lowest BCUT2D eigenvalue weighted by atomic mass is 10.1. The summed E-state index contributed by atoms with van der Waals surface area (Å²) in [5.74, 6) is 0.701. The van der Waals surface area contributed by atoms with Crippen molar-refractivity contribution in [2.24, 2.45) is 0 Å². The van der Waals surface area contributed by atoms with Gasteiger partial charge in [-0.15, -0.1) is 0 Å². The summed E-state index contributed by atoms with van der Waals surface area (Å²) in [7, 11) is -0.412. The molecule has 0 spiro atoms. The average molecular weight is 354 g/mol. The van der Waals surface area contributed by atoms with E-state index >= 15 is 0 Å². The molecule has 2 rings (SSSR count). The summed E-state index contributed by atoms with van der Waals surface area (Å²) in [6.07, 6.45) is 0.702. The number of halogens is 1. The van der Waals surface area contributed by atoms with Crippen molar-refractivity contribution in [1.82, 2.24) is 4.31 Å². The molecule has 23 heavy (non-hydrogen) atoms. The van der Waals surface area contributed by atoms with E-state index in [1.54, 1.807) is 44.5 Å². The van der Waals surface area contributed by atoms with Crippen molar-refractivity contribution in [3.63, 3.8) is 0 Å². The van der Waals surface area contributed by atoms with Crippen molar-refractivity contribution < 1.29 is 13.2 Å². The SMILES string of the molecule is CCc1cc(S(=O)(=O)N(C)Cc2ccc(Cl)cc2)ccc1OC. The fourth-order valence-corrected chi connectivity index (χ4v) is 3.64. The lowest BCUT2D eigenvalue weighted by molar-refractivity contribution is 0.409. The first-order valence-corrected chi connectivity index (χ1v) is 9.08. The number of sulfonamides is 1. The summed E-state index contributed by atoms with van der Waals surface area (Å²) < 4.78 is 32.0. The Balaban J connectivity index is 2.28. The van der Waals surface area contributed by atoms with E-state index in [9.17, 15) is 8.42 Å². The minimum Gasteiger partial charge on any atom is -0.496 e. The number of hydrogen-bond donors (Lipinski definition) is 0. The van der Waals surface area contributed by atoms with Crippen LogP contribution in [0.3, 0.4) is 0 Å². The molecular formula is C17H20ClNO3S. The van der Waals surface area contributed by atoms with Crippen LogP contribution in [0.5, 0.6) is 5.75 Å². The third kappa shape index (κ3) is 4.05. The summed E-state index contributed by atoms with van der Waals surface area (Å²) in [6, 6.07) is 12.1. The number of rotatable bonds is 6. The van der Waals surface area contributed by atoms with Crippen molar-refractivity contribution in [3.05, 3.63) is 58.6 Å². The Kier molecular flexibility index (Phi) is 5.68. The third-order valence-electron chi connectivity index (χ3n) is 3.66. The molecule has 0 aliphatic rings. The van der Waals surface area contributed by atoms with Gasteiger partial charge in [0.2, 0.25) is 10.0 Å². The second-order valence-corrected chi connectivity index (χ2v) is 7.70. The molecule has 2 aromatic carbocycles. The number of ether oxygens (including phenoxy) is 1. The van der Waals surface area contributed by atoms with Crippen LogP contribution in [0.15, 0.2) is 47.4 Å². The zero-order valence-electron chi connectivity index (χ0n) is 13.4. The molecule has 0 saturated carbocycles. The number of aryl methyl sites for hydroxylation is 1. The Hall–Kier alpha value is -1.56. The topological polar surface area (TPSA) is 46.6 Å². The van der Waals surface area contributed by atoms with Gasteiger partial charge in [0.15, 0.2) is 0 Å². The van der Waals surface area contributed by atoms with Gasteiger partial charge in [-0.2, -0.15) is 4.31 Å². The highest BCUT2D eigenvalue weighted by molar-refractivity contribution is 7.89. The molecule has 0 saturated heterocycles. The highest BCUT2D eigenvalue weighted by Gasteiger charge is 2.22. The van der Waals surface area contributed by atoms with E-state index in [4.69, 9.17) is 16.3 Å². The Morgan fingerprint density at radius 1 is 1.13 bits per heavy atom. The Morgan fingerprint density at radius 2 is 1.78 bits per heavy atom. The molecule has 0 aliphatic heterocycles. The van der Waals surface area contributed by atoms with E-state index in [2.05, 4.69) is 0 Å². The molecule has 0 amide bonds. The van der Waals surface area contributed by atoms with Crippen LogP contribution in [-0.4, -0.2) is 26.9 Å². The maximum atomic E-state index is 12.7. The first kappa shape index (κ1) is 17.8. The molecule has 0 fully saturated rings. The predicted octanol–water partition coefficient (Wildman–Crippen LogP) is 3.73. The molecule has 0 aromatic heterocycles. The zero-order chi connectivity index (χ0) is 17.0. The zero-order valence-corrected chi connectivity index (χ0v) is 15.0. The molecule has 124 valence electrons. The summed E-state index contributed by atoms with van der Waals surface area (Å²) in [5, 5.41) is 0.627. The predicted molar refractivity (Wildman–Crippen MR) is 92.5 cm³/mol. The highest BCUT2D eigenvalue weighted by Crippen LogP contribution is 2.25. The van der Waals surface area contributed by atoms with Crippen LogP contribution in [0.4, 0.5) is 0 Å². The van der Waals surface area contributed by atoms with Crippen LogP contribution < -0.4 is 4.74 Å². The number of hydrogen-bond acceptors (Lipinski definition) is 3. The molecule has 0 unspecified atom stereocenters. The molecule has 0 atom stereocenters. The van der Waals surface area contributed by atoms with Crippen LogP contribution in [-0.2, 0) is 23.0 Å². The number of nitrogens with zero attached hydrogens (tertiary/aromatic N) is 1. The summed E-state index contributed by atoms with van der Waals surface area (Å²) in [6.45, 7) is 2.25. The van der Waals surface area contributed by atoms with Crippen molar-refractivity contribution >= 4 is 21.6 Å². The molecule has 0 heterocycles. The second kappa shape index (κ2) is 7.34. The van der Waals surface area contributed by atoms with Crippen LogP contribution in [0.2, 0.25) is 5.02 Å². The quantitative estimate of drug-likeness (QED) is 0.794. The first-order chi connectivity index (χ1) is 10.9. The van der Waals surface area contributed by atoms with E-state index < -0.39 is 10.0 Å². The molecule has 0 radical (unpaired) electrons. The van der Waals surface area contributed by atoms with Gasteiger partial charge < -0.3 is 4.74 Å². The monoisotopic (exact) mass is 353 g/mol. The third-order valence-corrected chi connectivity index (χ3v) is 5.71. The van der Waals surface area contributed by atoms with Crippen LogP contribution >= 0.6 is 11.6 Å². The molecule has 6 heteroatoms. The fraction of sp³-hybridized carbons (Fsp3) is 0.294. The largest absolute Gasteiger partial charge is 0.496 e. The van der Waals surface area contributed by atoms with Crippen LogP contribution in [0, 0.1) is 0 Å². The van der Waals surface area contributed by atoms with Gasteiger partial charge in [0.1, 0.15) is 5.75 Å². The highest BCUT2D eigenvalue weighted by atomic mass is 35.5. The van der Waals surface area contributed by atoms with Gasteiger partial charge in [0.25, 0.3) is 0 Å². The van der Waals surface area contributed by atoms with Crippen LogP contribution in [0.1, 0.15) is 18.1 Å². The van der Waals surface area contributed by atoms with Gasteiger partial charge in [0.05, 0.1) is 12.0 Å². The maximum Gasteiger partial charge on any atom is 0.243 e. The summed E-state index contributed by atoms with van der Waals surface area (Å²) in [5.41, 5.74) is 1.75. The molecule has 0 N–H and O–H groups in total. The second-order valence-electron chi connectivity index (χ2n) is 5.21. The molecule has 4 nitrogen and oxygen atoms in total. The Bertz CT molecular complexity index is 773. The lowest BCUT2D eigenvalue weighted by Gasteiger charge is -2.18. The van der Waals surface area contributed by atoms with Gasteiger partial charge in [-0.3, -0.25) is 0 Å². The molecule has 0 aliphatic carbocycles. The minimum absolute atomic E-state index is 0.270. The van der Waals surface area contributed by atoms with Crippen molar-refractivity contribution in [3.8, 4) is 5.75 Å². The molecular weight excluding hydrogens is 334 g/mol. The van der Waals surface area contributed by atoms with Crippen molar-refractivity contribution in [2.75, 3.05) is 14.2 Å². The van der Waals surface area contributed by atoms with E-state index in [0.29, 0.717) is 17.2 Å². The standard InChI is InChI=1S/C17H20ClNO3S/c1-4-14-11-16(9-10-17(14)22-3)23(20,21)19(2)12-13-5-7-15(18)8-6-13/h5-11H,4,12H2,1-3H3. The number of methoxy groups -OCH3 is 1. The normalized spacial score (nSPS) is 11.7. The van der Waals surface area contributed by atoms with Crippen molar-refractivity contribution in [1.29, 1.82) is 0 Å². The van der Waals surface area contributed by atoms with Gasteiger partial charge in [-0.05, 0) is 47.9 Å². The van der Waals surface area contributed by atoms with Gasteiger partial charge in [-0.1, -0.05) is 30.7 Å². The fourth-order valence-electron chi connectivity index (χ4n) is 2.30. The smallest absolute Gasteiger partial charge is 0.243 e. The number of benzene rings is 2. The van der Waals surface area contributed by atoms with Gasteiger partial charge in [-0.25, -0.2) is 8.42 Å². The summed E-state index contributed by atoms with van der Waals surface area (Å²) in [4.78, 5) is 0.270.